The average Bonchev–Trinajstić information content (AvgIpc) is 3.24. The molecule has 8 heteroatoms. The highest BCUT2D eigenvalue weighted by Crippen LogP contribution is 2.40. The second kappa shape index (κ2) is 7.57. The first-order chi connectivity index (χ1) is 13.7. The average molecular weight is 476 g/mol. The molecule has 3 aromatic rings. The first-order valence-electron chi connectivity index (χ1n) is 9.45. The van der Waals surface area contributed by atoms with Crippen LogP contribution >= 0.6 is 27.3 Å². The minimum Gasteiger partial charge on any atom is -0.444 e. The normalized spacial score (nSPS) is 19.7. The highest BCUT2D eigenvalue weighted by atomic mass is 79.9. The molecule has 1 aromatic carbocycles. The molecule has 4 rings (SSSR count). The number of rotatable bonds is 2. The highest BCUT2D eigenvalue weighted by Gasteiger charge is 2.40. The fraction of sp³-hybridized carbons (Fsp3) is 0.381. The summed E-state index contributed by atoms with van der Waals surface area (Å²) >= 11 is 4.76. The van der Waals surface area contributed by atoms with Gasteiger partial charge in [0.1, 0.15) is 16.1 Å². The van der Waals surface area contributed by atoms with Gasteiger partial charge in [-0.1, -0.05) is 30.3 Å². The van der Waals surface area contributed by atoms with Crippen LogP contribution in [0.25, 0.3) is 10.2 Å². The molecule has 1 aliphatic heterocycles. The van der Waals surface area contributed by atoms with Gasteiger partial charge in [-0.25, -0.2) is 9.78 Å². The number of carbonyl (C=O) groups is 1. The quantitative estimate of drug-likeness (QED) is 0.551. The number of H-pyrrole nitrogens is 1. The van der Waals surface area contributed by atoms with Crippen molar-refractivity contribution in [2.24, 2.45) is 0 Å². The lowest BCUT2D eigenvalue weighted by atomic mass is 9.96. The Morgan fingerprint density at radius 3 is 2.72 bits per heavy atom. The van der Waals surface area contributed by atoms with Crippen LogP contribution in [0.5, 0.6) is 0 Å². The Balaban J connectivity index is 1.73. The van der Waals surface area contributed by atoms with Crippen molar-refractivity contribution in [1.82, 2.24) is 14.9 Å². The number of nitrogens with zero attached hydrogens (tertiary/aromatic N) is 2. The van der Waals surface area contributed by atoms with Crippen LogP contribution in [0.4, 0.5) is 4.79 Å². The number of thiophene rings is 1. The number of hydrogen-bond donors (Lipinski definition) is 1. The molecule has 2 atom stereocenters. The number of benzene rings is 1. The molecule has 0 aliphatic carbocycles. The van der Waals surface area contributed by atoms with Crippen LogP contribution in [-0.2, 0) is 4.74 Å². The molecule has 152 valence electrons. The van der Waals surface area contributed by atoms with Gasteiger partial charge in [-0.2, -0.15) is 0 Å². The van der Waals surface area contributed by atoms with Gasteiger partial charge in [-0.05, 0) is 54.8 Å². The molecule has 29 heavy (non-hydrogen) atoms. The van der Waals surface area contributed by atoms with E-state index in [1.54, 1.807) is 4.90 Å². The number of nitrogens with one attached hydrogen (secondary N) is 1. The van der Waals surface area contributed by atoms with E-state index >= 15 is 0 Å². The van der Waals surface area contributed by atoms with Crippen molar-refractivity contribution in [1.29, 1.82) is 0 Å². The molecule has 0 unspecified atom stereocenters. The molecule has 1 fully saturated rings. The van der Waals surface area contributed by atoms with Gasteiger partial charge >= 0.3 is 6.09 Å². The van der Waals surface area contributed by atoms with Crippen molar-refractivity contribution < 1.29 is 9.53 Å². The fourth-order valence-electron chi connectivity index (χ4n) is 3.67. The molecule has 0 spiro atoms. The van der Waals surface area contributed by atoms with E-state index in [0.29, 0.717) is 29.0 Å². The molecule has 6 nitrogen and oxygen atoms in total. The molecule has 3 heterocycles. The molecule has 2 aromatic heterocycles. The van der Waals surface area contributed by atoms with Crippen molar-refractivity contribution in [3.63, 3.8) is 0 Å². The van der Waals surface area contributed by atoms with Gasteiger partial charge in [0.2, 0.25) is 0 Å². The molecule has 0 saturated carbocycles. The number of likely N-dealkylation sites (tertiary alicyclic amines) is 1. The van der Waals surface area contributed by atoms with Gasteiger partial charge < -0.3 is 9.72 Å². The number of amides is 1. The maximum absolute atomic E-state index is 13.0. The molecular formula is C21H22BrN3O3S. The summed E-state index contributed by atoms with van der Waals surface area (Å²) in [7, 11) is 0. The Kier molecular flexibility index (Phi) is 5.25. The Bertz CT molecular complexity index is 1100. The van der Waals surface area contributed by atoms with Gasteiger partial charge in [0.15, 0.2) is 0 Å². The largest absolute Gasteiger partial charge is 0.444 e. The summed E-state index contributed by atoms with van der Waals surface area (Å²) in [6.45, 7) is 6.05. The summed E-state index contributed by atoms with van der Waals surface area (Å²) < 4.78 is 7.06. The predicted molar refractivity (Wildman–Crippen MR) is 117 cm³/mol. The van der Waals surface area contributed by atoms with Gasteiger partial charge in [0.05, 0.1) is 15.3 Å². The summed E-state index contributed by atoms with van der Waals surface area (Å²) in [5.74, 6) is 0.640. The van der Waals surface area contributed by atoms with Crippen molar-refractivity contribution >= 4 is 43.6 Å². The van der Waals surface area contributed by atoms with Gasteiger partial charge in [0.25, 0.3) is 5.56 Å². The SMILES string of the molecule is CC(C)(C)OC(=O)N1C[C@@H](c2ccccc2)C[C@H]1c1nc2cc(Br)sc2c(=O)[nH]1. The standard InChI is InChI=1S/C21H22BrN3O3S/c1-21(2,3)28-20(27)25-11-13(12-7-5-4-6-8-12)9-15(25)18-23-14-10-16(22)29-17(14)19(26)24-18/h4-8,10,13,15H,9,11H2,1-3H3,(H,23,24,26)/t13-,15-/m0/s1. The fourth-order valence-corrected chi connectivity index (χ4v) is 5.09. The zero-order chi connectivity index (χ0) is 20.8. The zero-order valence-electron chi connectivity index (χ0n) is 16.4. The Hall–Kier alpha value is -2.19. The van der Waals surface area contributed by atoms with Crippen molar-refractivity contribution in [3.8, 4) is 0 Å². The predicted octanol–water partition coefficient (Wildman–Crippen LogP) is 5.21. The van der Waals surface area contributed by atoms with Gasteiger partial charge in [-0.3, -0.25) is 9.69 Å². The summed E-state index contributed by atoms with van der Waals surface area (Å²) in [6, 6.07) is 11.6. The lowest BCUT2D eigenvalue weighted by Crippen LogP contribution is -2.37. The number of fused-ring (bicyclic) bond motifs is 1. The summed E-state index contributed by atoms with van der Waals surface area (Å²) in [4.78, 5) is 34.8. The van der Waals surface area contributed by atoms with Crippen LogP contribution in [0.1, 0.15) is 50.5 Å². The van der Waals surface area contributed by atoms with Gasteiger partial charge in [0, 0.05) is 12.5 Å². The molecule has 1 amide bonds. The third kappa shape index (κ3) is 4.23. The van der Waals surface area contributed by atoms with Gasteiger partial charge in [-0.15, -0.1) is 11.3 Å². The Labute approximate surface area is 181 Å². The maximum Gasteiger partial charge on any atom is 0.410 e. The number of carbonyl (C=O) groups excluding carboxylic acids is 1. The number of ether oxygens (including phenoxy) is 1. The summed E-state index contributed by atoms with van der Waals surface area (Å²) in [5, 5.41) is 0. The van der Waals surface area contributed by atoms with Crippen LogP contribution in [0.2, 0.25) is 0 Å². The van der Waals surface area contributed by atoms with Crippen LogP contribution in [0.3, 0.4) is 0 Å². The zero-order valence-corrected chi connectivity index (χ0v) is 18.8. The second-order valence-electron chi connectivity index (χ2n) is 8.21. The topological polar surface area (TPSA) is 75.3 Å². The van der Waals surface area contributed by atoms with E-state index in [9.17, 15) is 9.59 Å². The van der Waals surface area contributed by atoms with Crippen LogP contribution in [-0.4, -0.2) is 33.1 Å². The van der Waals surface area contributed by atoms with E-state index in [1.165, 1.54) is 11.3 Å². The van der Waals surface area contributed by atoms with E-state index in [1.807, 2.05) is 45.0 Å². The lowest BCUT2D eigenvalue weighted by Gasteiger charge is -2.28. The first-order valence-corrected chi connectivity index (χ1v) is 11.1. The van der Waals surface area contributed by atoms with Crippen LogP contribution < -0.4 is 5.56 Å². The number of halogens is 1. The number of aromatic nitrogens is 2. The number of hydrogen-bond acceptors (Lipinski definition) is 5. The molecular weight excluding hydrogens is 454 g/mol. The van der Waals surface area contributed by atoms with E-state index in [4.69, 9.17) is 4.74 Å². The molecule has 0 bridgehead atoms. The van der Waals surface area contributed by atoms with Crippen LogP contribution in [0.15, 0.2) is 45.0 Å². The first kappa shape index (κ1) is 20.1. The second-order valence-corrected chi connectivity index (χ2v) is 10.6. The minimum absolute atomic E-state index is 0.143. The maximum atomic E-state index is 13.0. The van der Waals surface area contributed by atoms with E-state index in [0.717, 1.165) is 9.35 Å². The van der Waals surface area contributed by atoms with Crippen molar-refractivity contribution in [2.45, 2.75) is 44.8 Å². The molecule has 0 radical (unpaired) electrons. The van der Waals surface area contributed by atoms with Crippen molar-refractivity contribution in [3.05, 3.63) is 61.9 Å². The summed E-state index contributed by atoms with van der Waals surface area (Å²) in [5.41, 5.74) is 1.00. The Morgan fingerprint density at radius 1 is 1.31 bits per heavy atom. The highest BCUT2D eigenvalue weighted by molar-refractivity contribution is 9.11. The third-order valence-electron chi connectivity index (χ3n) is 4.89. The smallest absolute Gasteiger partial charge is 0.410 e. The van der Waals surface area contributed by atoms with Crippen molar-refractivity contribution in [2.75, 3.05) is 6.54 Å². The minimum atomic E-state index is -0.602. The monoisotopic (exact) mass is 475 g/mol. The molecule has 1 aliphatic rings. The van der Waals surface area contributed by atoms with Crippen LogP contribution in [0, 0.1) is 0 Å². The summed E-state index contributed by atoms with van der Waals surface area (Å²) in [6.07, 6.45) is 0.276. The van der Waals surface area contributed by atoms with E-state index < -0.39 is 11.7 Å². The number of aromatic amines is 1. The Morgan fingerprint density at radius 2 is 2.03 bits per heavy atom. The molecule has 1 N–H and O–H groups in total. The third-order valence-corrected chi connectivity index (χ3v) is 6.51. The molecule has 1 saturated heterocycles. The van der Waals surface area contributed by atoms with E-state index in [2.05, 4.69) is 38.0 Å². The lowest BCUT2D eigenvalue weighted by molar-refractivity contribution is 0.0216. The van der Waals surface area contributed by atoms with E-state index in [-0.39, 0.29) is 17.5 Å².